The minimum absolute atomic E-state index is 0.0332. The molecule has 1 saturated heterocycles. The van der Waals surface area contributed by atoms with E-state index in [1.54, 1.807) is 6.07 Å². The maximum Gasteiger partial charge on any atom is 0.269 e. The quantitative estimate of drug-likeness (QED) is 0.673. The smallest absolute Gasteiger partial charge is 0.269 e. The lowest BCUT2D eigenvalue weighted by atomic mass is 9.91. The van der Waals surface area contributed by atoms with Crippen LogP contribution in [0.1, 0.15) is 25.8 Å². The second-order valence-electron chi connectivity index (χ2n) is 5.58. The highest BCUT2D eigenvalue weighted by Gasteiger charge is 2.24. The molecule has 2 unspecified atom stereocenters. The Balaban J connectivity index is 2.30. The van der Waals surface area contributed by atoms with Crippen molar-refractivity contribution in [2.75, 3.05) is 18.0 Å². The Kier molecular flexibility index (Phi) is 4.04. The Bertz CT molecular complexity index is 466. The molecule has 0 spiro atoms. The minimum Gasteiger partial charge on any atom is -0.392 e. The Labute approximate surface area is 113 Å². The monoisotopic (exact) mass is 264 g/mol. The van der Waals surface area contributed by atoms with Gasteiger partial charge in [0, 0.05) is 36.5 Å². The van der Waals surface area contributed by atoms with Gasteiger partial charge in [0.2, 0.25) is 0 Å². The molecule has 2 atom stereocenters. The van der Waals surface area contributed by atoms with E-state index in [1.165, 1.54) is 18.6 Å². The van der Waals surface area contributed by atoms with Crippen molar-refractivity contribution in [2.45, 2.75) is 26.9 Å². The fourth-order valence-electron chi connectivity index (χ4n) is 2.98. The van der Waals surface area contributed by atoms with Crippen molar-refractivity contribution >= 4 is 11.4 Å². The molecule has 0 bridgehead atoms. The third-order valence-corrected chi connectivity index (χ3v) is 3.65. The van der Waals surface area contributed by atoms with E-state index < -0.39 is 4.92 Å². The van der Waals surface area contributed by atoms with Gasteiger partial charge in [0.1, 0.15) is 0 Å². The number of aliphatic hydroxyl groups excluding tert-OH is 1. The molecule has 104 valence electrons. The number of hydrogen-bond acceptors (Lipinski definition) is 4. The average Bonchev–Trinajstić information content (AvgIpc) is 2.36. The van der Waals surface area contributed by atoms with Gasteiger partial charge in [-0.1, -0.05) is 13.8 Å². The zero-order valence-corrected chi connectivity index (χ0v) is 11.4. The van der Waals surface area contributed by atoms with Crippen molar-refractivity contribution in [3.8, 4) is 0 Å². The second kappa shape index (κ2) is 5.57. The molecule has 1 N–H and O–H groups in total. The van der Waals surface area contributed by atoms with Crippen LogP contribution in [0.2, 0.25) is 0 Å². The average molecular weight is 264 g/mol. The molecule has 19 heavy (non-hydrogen) atoms. The number of nitrogens with zero attached hydrogens (tertiary/aromatic N) is 2. The summed E-state index contributed by atoms with van der Waals surface area (Å²) in [4.78, 5) is 12.6. The number of nitro groups is 1. The molecule has 5 heteroatoms. The van der Waals surface area contributed by atoms with E-state index >= 15 is 0 Å². The molecule has 2 rings (SSSR count). The van der Waals surface area contributed by atoms with E-state index in [-0.39, 0.29) is 12.3 Å². The highest BCUT2D eigenvalue weighted by atomic mass is 16.6. The minimum atomic E-state index is -0.426. The Hall–Kier alpha value is -1.62. The molecule has 1 aromatic carbocycles. The number of aliphatic hydroxyl groups is 1. The fourth-order valence-corrected chi connectivity index (χ4v) is 2.98. The Morgan fingerprint density at radius 3 is 2.53 bits per heavy atom. The van der Waals surface area contributed by atoms with Gasteiger partial charge in [-0.05, 0) is 24.3 Å². The number of non-ortho nitro benzene ring substituents is 1. The Morgan fingerprint density at radius 1 is 1.37 bits per heavy atom. The normalized spacial score (nSPS) is 23.4. The van der Waals surface area contributed by atoms with Gasteiger partial charge >= 0.3 is 0 Å². The molecule has 0 saturated carbocycles. The van der Waals surface area contributed by atoms with Crippen LogP contribution < -0.4 is 4.90 Å². The van der Waals surface area contributed by atoms with Gasteiger partial charge in [0.25, 0.3) is 5.69 Å². The van der Waals surface area contributed by atoms with Gasteiger partial charge in [-0.3, -0.25) is 10.1 Å². The summed E-state index contributed by atoms with van der Waals surface area (Å²) < 4.78 is 0. The summed E-state index contributed by atoms with van der Waals surface area (Å²) >= 11 is 0. The number of hydrogen-bond donors (Lipinski definition) is 1. The summed E-state index contributed by atoms with van der Waals surface area (Å²) in [7, 11) is 0. The summed E-state index contributed by atoms with van der Waals surface area (Å²) in [6.07, 6.45) is 1.21. The summed E-state index contributed by atoms with van der Waals surface area (Å²) in [6.45, 7) is 6.14. The summed E-state index contributed by atoms with van der Waals surface area (Å²) in [6, 6.07) is 4.74. The maximum absolute atomic E-state index is 10.8. The third kappa shape index (κ3) is 3.04. The lowest BCUT2D eigenvalue weighted by molar-refractivity contribution is -0.384. The SMILES string of the molecule is CC1CC(C)CN(c2ccc([N+](=O)[O-])cc2CO)C1. The van der Waals surface area contributed by atoms with Crippen LogP contribution in [-0.2, 0) is 6.61 Å². The molecule has 1 aliphatic rings. The molecule has 5 nitrogen and oxygen atoms in total. The van der Waals surface area contributed by atoms with Crippen molar-refractivity contribution in [3.63, 3.8) is 0 Å². The van der Waals surface area contributed by atoms with E-state index in [1.807, 2.05) is 0 Å². The van der Waals surface area contributed by atoms with Gasteiger partial charge in [-0.25, -0.2) is 0 Å². The number of piperidine rings is 1. The summed E-state index contributed by atoms with van der Waals surface area (Å²) in [5.74, 6) is 1.20. The number of rotatable bonds is 3. The zero-order chi connectivity index (χ0) is 14.0. The molecule has 0 aromatic heterocycles. The van der Waals surface area contributed by atoms with Crippen LogP contribution in [0.25, 0.3) is 0 Å². The van der Waals surface area contributed by atoms with Crippen molar-refractivity contribution in [3.05, 3.63) is 33.9 Å². The molecular formula is C14H20N2O3. The van der Waals surface area contributed by atoms with E-state index in [0.717, 1.165) is 18.8 Å². The van der Waals surface area contributed by atoms with E-state index in [9.17, 15) is 15.2 Å². The third-order valence-electron chi connectivity index (χ3n) is 3.65. The highest BCUT2D eigenvalue weighted by Crippen LogP contribution is 2.31. The first-order valence-electron chi connectivity index (χ1n) is 6.64. The summed E-state index contributed by atoms with van der Waals surface area (Å²) in [5, 5.41) is 20.2. The zero-order valence-electron chi connectivity index (χ0n) is 11.4. The first kappa shape index (κ1) is 13.8. The first-order valence-corrected chi connectivity index (χ1v) is 6.64. The van der Waals surface area contributed by atoms with Gasteiger partial charge in [-0.2, -0.15) is 0 Å². The van der Waals surface area contributed by atoms with Gasteiger partial charge in [-0.15, -0.1) is 0 Å². The van der Waals surface area contributed by atoms with Crippen LogP contribution in [-0.4, -0.2) is 23.1 Å². The molecule has 0 aliphatic carbocycles. The van der Waals surface area contributed by atoms with Crippen molar-refractivity contribution < 1.29 is 10.0 Å². The Morgan fingerprint density at radius 2 is 2.00 bits per heavy atom. The van der Waals surface area contributed by atoms with Gasteiger partial charge in [0.15, 0.2) is 0 Å². The topological polar surface area (TPSA) is 66.6 Å². The van der Waals surface area contributed by atoms with Crippen LogP contribution in [0.15, 0.2) is 18.2 Å². The van der Waals surface area contributed by atoms with Crippen molar-refractivity contribution in [2.24, 2.45) is 11.8 Å². The van der Waals surface area contributed by atoms with Crippen LogP contribution in [0.5, 0.6) is 0 Å². The van der Waals surface area contributed by atoms with E-state index in [4.69, 9.17) is 0 Å². The van der Waals surface area contributed by atoms with Crippen LogP contribution >= 0.6 is 0 Å². The molecular weight excluding hydrogens is 244 g/mol. The lowest BCUT2D eigenvalue weighted by Gasteiger charge is -2.37. The van der Waals surface area contributed by atoms with E-state index in [0.29, 0.717) is 17.4 Å². The second-order valence-corrected chi connectivity index (χ2v) is 5.58. The number of nitro benzene ring substituents is 1. The van der Waals surface area contributed by atoms with Crippen LogP contribution in [0.3, 0.4) is 0 Å². The lowest BCUT2D eigenvalue weighted by Crippen LogP contribution is -2.39. The molecule has 0 radical (unpaired) electrons. The summed E-state index contributed by atoms with van der Waals surface area (Å²) in [5.41, 5.74) is 1.59. The van der Waals surface area contributed by atoms with Gasteiger partial charge < -0.3 is 10.0 Å². The molecule has 1 aliphatic heterocycles. The predicted octanol–water partition coefficient (Wildman–Crippen LogP) is 2.57. The van der Waals surface area contributed by atoms with Crippen molar-refractivity contribution in [1.29, 1.82) is 0 Å². The van der Waals surface area contributed by atoms with Gasteiger partial charge in [0.05, 0.1) is 11.5 Å². The highest BCUT2D eigenvalue weighted by molar-refractivity contribution is 5.58. The molecule has 1 heterocycles. The van der Waals surface area contributed by atoms with Crippen LogP contribution in [0.4, 0.5) is 11.4 Å². The fraction of sp³-hybridized carbons (Fsp3) is 0.571. The molecule has 1 aromatic rings. The standard InChI is InChI=1S/C14H20N2O3/c1-10-5-11(2)8-15(7-10)14-4-3-13(16(18)19)6-12(14)9-17/h3-4,6,10-11,17H,5,7-9H2,1-2H3. The largest absolute Gasteiger partial charge is 0.392 e. The number of anilines is 1. The molecule has 1 fully saturated rings. The van der Waals surface area contributed by atoms with E-state index in [2.05, 4.69) is 18.7 Å². The van der Waals surface area contributed by atoms with Crippen molar-refractivity contribution in [1.82, 2.24) is 0 Å². The molecule has 0 amide bonds. The number of benzene rings is 1. The first-order chi connectivity index (χ1) is 9.01. The predicted molar refractivity (Wildman–Crippen MR) is 74.2 cm³/mol. The van der Waals surface area contributed by atoms with Crippen LogP contribution in [0, 0.1) is 22.0 Å². The maximum atomic E-state index is 10.8.